The van der Waals surface area contributed by atoms with E-state index in [0.29, 0.717) is 33.9 Å². The summed E-state index contributed by atoms with van der Waals surface area (Å²) in [7, 11) is 0. The molecule has 1 aromatic heterocycles. The quantitative estimate of drug-likeness (QED) is 0.241. The Morgan fingerprint density at radius 3 is 2.21 bits per heavy atom. The van der Waals surface area contributed by atoms with Gasteiger partial charge in [-0.1, -0.05) is 42.5 Å². The van der Waals surface area contributed by atoms with Crippen molar-refractivity contribution in [3.63, 3.8) is 0 Å². The molecule has 5 rings (SSSR count). The molecule has 1 aliphatic heterocycles. The predicted molar refractivity (Wildman–Crippen MR) is 129 cm³/mol. The Balaban J connectivity index is 1.40. The van der Waals surface area contributed by atoms with Crippen molar-refractivity contribution >= 4 is 35.0 Å². The maximum atomic E-state index is 13.1. The molecule has 34 heavy (non-hydrogen) atoms. The average Bonchev–Trinajstić information content (AvgIpc) is 3.47. The lowest BCUT2D eigenvalue weighted by molar-refractivity contribution is -0.384. The van der Waals surface area contributed by atoms with E-state index in [4.69, 9.17) is 0 Å². The Morgan fingerprint density at radius 1 is 0.882 bits per heavy atom. The molecule has 0 fully saturated rings. The number of carbonyl (C=O) groups is 2. The summed E-state index contributed by atoms with van der Waals surface area (Å²) < 4.78 is 1.61. The largest absolute Gasteiger partial charge is 0.306 e. The van der Waals surface area contributed by atoms with E-state index in [2.05, 4.69) is 10.4 Å². The molecular weight excluding hydrogens is 452 g/mol. The Morgan fingerprint density at radius 2 is 1.53 bits per heavy atom. The lowest BCUT2D eigenvalue weighted by atomic mass is 10.0. The van der Waals surface area contributed by atoms with Crippen molar-refractivity contribution in [1.29, 1.82) is 0 Å². The van der Waals surface area contributed by atoms with Gasteiger partial charge < -0.3 is 5.32 Å². The molecular formula is C25H18N4O4S. The van der Waals surface area contributed by atoms with Gasteiger partial charge in [-0.25, -0.2) is 4.68 Å². The second-order valence-electron chi connectivity index (χ2n) is 7.68. The molecule has 0 aliphatic carbocycles. The summed E-state index contributed by atoms with van der Waals surface area (Å²) in [6.07, 6.45) is 0. The number of aromatic nitrogens is 2. The highest BCUT2D eigenvalue weighted by Gasteiger charge is 2.25. The molecule has 0 atom stereocenters. The molecule has 3 aromatic carbocycles. The number of thioether (sulfide) groups is 1. The second kappa shape index (κ2) is 8.95. The summed E-state index contributed by atoms with van der Waals surface area (Å²) in [6.45, 7) is 0. The van der Waals surface area contributed by atoms with E-state index in [0.717, 1.165) is 17.0 Å². The third kappa shape index (κ3) is 4.08. The summed E-state index contributed by atoms with van der Waals surface area (Å²) >= 11 is 1.71. The van der Waals surface area contributed by atoms with E-state index in [9.17, 15) is 19.7 Å². The van der Waals surface area contributed by atoms with Gasteiger partial charge in [-0.15, -0.1) is 0 Å². The number of carbonyl (C=O) groups excluding carboxylic acids is 2. The first kappa shape index (κ1) is 21.6. The highest BCUT2D eigenvalue weighted by molar-refractivity contribution is 7.98. The number of anilines is 1. The van der Waals surface area contributed by atoms with E-state index in [1.807, 2.05) is 6.07 Å². The van der Waals surface area contributed by atoms with Crippen LogP contribution in [0.4, 0.5) is 11.5 Å². The number of hydrogen-bond acceptors (Lipinski definition) is 6. The standard InChI is InChI=1S/C25H18N4O4S/c30-23(16-4-2-1-3-5-16)17-6-8-18(9-7-17)25(31)26-24-21-14-34-15-22(21)27-28(24)19-10-12-20(13-11-19)29(32)33/h1-13H,14-15H2,(H,26,31). The average molecular weight is 471 g/mol. The molecule has 0 saturated carbocycles. The minimum atomic E-state index is -0.460. The van der Waals surface area contributed by atoms with Crippen LogP contribution in [0, 0.1) is 10.1 Å². The van der Waals surface area contributed by atoms with Crippen LogP contribution >= 0.6 is 11.8 Å². The van der Waals surface area contributed by atoms with E-state index in [-0.39, 0.29) is 17.4 Å². The topological polar surface area (TPSA) is 107 Å². The van der Waals surface area contributed by atoms with E-state index < -0.39 is 4.92 Å². The van der Waals surface area contributed by atoms with Crippen molar-refractivity contribution in [2.45, 2.75) is 11.5 Å². The first-order valence-electron chi connectivity index (χ1n) is 10.5. The minimum Gasteiger partial charge on any atom is -0.306 e. The molecule has 4 aromatic rings. The summed E-state index contributed by atoms with van der Waals surface area (Å²) in [5, 5.41) is 18.6. The molecule has 2 heterocycles. The number of benzene rings is 3. The number of amides is 1. The molecule has 1 N–H and O–H groups in total. The van der Waals surface area contributed by atoms with Gasteiger partial charge >= 0.3 is 0 Å². The van der Waals surface area contributed by atoms with Crippen LogP contribution in [0.3, 0.4) is 0 Å². The van der Waals surface area contributed by atoms with Gasteiger partial charge in [0.15, 0.2) is 5.78 Å². The monoisotopic (exact) mass is 470 g/mol. The first-order chi connectivity index (χ1) is 16.5. The normalized spacial score (nSPS) is 12.2. The van der Waals surface area contributed by atoms with E-state index in [1.165, 1.54) is 12.1 Å². The fraction of sp³-hybridized carbons (Fsp3) is 0.0800. The van der Waals surface area contributed by atoms with Crippen LogP contribution in [0.2, 0.25) is 0 Å². The molecule has 8 nitrogen and oxygen atoms in total. The second-order valence-corrected chi connectivity index (χ2v) is 8.66. The third-order valence-corrected chi connectivity index (χ3v) is 6.50. The molecule has 0 radical (unpaired) electrons. The van der Waals surface area contributed by atoms with Gasteiger partial charge in [-0.05, 0) is 24.3 Å². The molecule has 168 valence electrons. The zero-order chi connectivity index (χ0) is 23.7. The Labute approximate surface area is 198 Å². The summed E-state index contributed by atoms with van der Waals surface area (Å²) in [4.78, 5) is 36.2. The molecule has 0 bridgehead atoms. The van der Waals surface area contributed by atoms with Crippen molar-refractivity contribution in [1.82, 2.24) is 9.78 Å². The first-order valence-corrected chi connectivity index (χ1v) is 11.6. The number of rotatable bonds is 6. The van der Waals surface area contributed by atoms with Gasteiger partial charge in [0.1, 0.15) is 5.82 Å². The SMILES string of the molecule is O=C(Nc1c2c(nn1-c1ccc([N+](=O)[O-])cc1)CSC2)c1ccc(C(=O)c2ccccc2)cc1. The lowest BCUT2D eigenvalue weighted by Gasteiger charge is -2.11. The lowest BCUT2D eigenvalue weighted by Crippen LogP contribution is -2.16. The van der Waals surface area contributed by atoms with Crippen molar-refractivity contribution in [2.24, 2.45) is 0 Å². The van der Waals surface area contributed by atoms with Gasteiger partial charge in [0.25, 0.3) is 11.6 Å². The predicted octanol–water partition coefficient (Wildman–Crippen LogP) is 5.01. The van der Waals surface area contributed by atoms with Gasteiger partial charge in [0.05, 0.1) is 16.3 Å². The molecule has 9 heteroatoms. The molecule has 0 saturated heterocycles. The maximum absolute atomic E-state index is 13.1. The smallest absolute Gasteiger partial charge is 0.269 e. The van der Waals surface area contributed by atoms with Crippen LogP contribution in [0.1, 0.15) is 37.5 Å². The number of nitro groups is 1. The zero-order valence-electron chi connectivity index (χ0n) is 17.8. The molecule has 0 unspecified atom stereocenters. The van der Waals surface area contributed by atoms with Crippen molar-refractivity contribution in [2.75, 3.05) is 5.32 Å². The van der Waals surface area contributed by atoms with Crippen LogP contribution < -0.4 is 5.32 Å². The highest BCUT2D eigenvalue weighted by Crippen LogP contribution is 2.36. The minimum absolute atomic E-state index is 0.0188. The van der Waals surface area contributed by atoms with Crippen LogP contribution in [-0.2, 0) is 11.5 Å². The number of non-ortho nitro benzene ring substituents is 1. The van der Waals surface area contributed by atoms with Gasteiger partial charge in [0.2, 0.25) is 0 Å². The van der Waals surface area contributed by atoms with Gasteiger partial charge in [-0.2, -0.15) is 16.9 Å². The van der Waals surface area contributed by atoms with Crippen molar-refractivity contribution in [3.05, 3.63) is 117 Å². The molecule has 1 amide bonds. The van der Waals surface area contributed by atoms with Crippen LogP contribution in [0.25, 0.3) is 5.69 Å². The Bertz CT molecular complexity index is 1400. The van der Waals surface area contributed by atoms with Gasteiger partial charge in [-0.3, -0.25) is 19.7 Å². The number of fused-ring (bicyclic) bond motifs is 1. The molecule has 0 spiro atoms. The fourth-order valence-electron chi connectivity index (χ4n) is 3.75. The Kier molecular flexibility index (Phi) is 5.69. The van der Waals surface area contributed by atoms with Crippen LogP contribution in [0.5, 0.6) is 0 Å². The summed E-state index contributed by atoms with van der Waals surface area (Å²) in [5.74, 6) is 1.54. The summed E-state index contributed by atoms with van der Waals surface area (Å²) in [6, 6.07) is 21.5. The van der Waals surface area contributed by atoms with Crippen molar-refractivity contribution < 1.29 is 14.5 Å². The number of nitrogens with zero attached hydrogens (tertiary/aromatic N) is 3. The van der Waals surface area contributed by atoms with E-state index >= 15 is 0 Å². The number of nitro benzene ring substituents is 1. The maximum Gasteiger partial charge on any atom is 0.269 e. The van der Waals surface area contributed by atoms with E-state index in [1.54, 1.807) is 77.1 Å². The highest BCUT2D eigenvalue weighted by atomic mass is 32.2. The van der Waals surface area contributed by atoms with Crippen LogP contribution in [-0.4, -0.2) is 26.4 Å². The van der Waals surface area contributed by atoms with Gasteiger partial charge in [0, 0.05) is 45.9 Å². The summed E-state index contributed by atoms with van der Waals surface area (Å²) in [5.41, 5.74) is 3.89. The molecule has 1 aliphatic rings. The number of ketones is 1. The third-order valence-electron chi connectivity index (χ3n) is 5.53. The zero-order valence-corrected chi connectivity index (χ0v) is 18.6. The number of hydrogen-bond donors (Lipinski definition) is 1. The van der Waals surface area contributed by atoms with Crippen LogP contribution in [0.15, 0.2) is 78.9 Å². The Hall–Kier alpha value is -4.24. The fourth-order valence-corrected chi connectivity index (χ4v) is 4.79. The number of nitrogens with one attached hydrogen (secondary N) is 1. The van der Waals surface area contributed by atoms with Crippen molar-refractivity contribution in [3.8, 4) is 5.69 Å².